The molecule has 0 radical (unpaired) electrons. The maximum absolute atomic E-state index is 5.05. The zero-order chi connectivity index (χ0) is 10.8. The van der Waals surface area contributed by atoms with Gasteiger partial charge in [0, 0.05) is 19.8 Å². The molecule has 14 heavy (non-hydrogen) atoms. The molecule has 0 fully saturated rings. The van der Waals surface area contributed by atoms with Crippen molar-refractivity contribution < 1.29 is 4.74 Å². The summed E-state index contributed by atoms with van der Waals surface area (Å²) in [5, 5.41) is 3.38. The van der Waals surface area contributed by atoms with Crippen molar-refractivity contribution in [2.75, 3.05) is 20.8 Å². The Hall–Kier alpha value is -0.0800. The highest BCUT2D eigenvalue weighted by molar-refractivity contribution is 4.64. The third-order valence-corrected chi connectivity index (χ3v) is 2.64. The highest BCUT2D eigenvalue weighted by Crippen LogP contribution is 2.11. The Balaban J connectivity index is 3.38. The molecular formula is C12H27NO. The second-order valence-corrected chi connectivity index (χ2v) is 4.45. The van der Waals surface area contributed by atoms with Crippen LogP contribution >= 0.6 is 0 Å². The molecule has 1 unspecified atom stereocenters. The van der Waals surface area contributed by atoms with Crippen LogP contribution in [0.3, 0.4) is 0 Å². The molecule has 0 aliphatic rings. The summed E-state index contributed by atoms with van der Waals surface area (Å²) in [6.45, 7) is 5.47. The van der Waals surface area contributed by atoms with Gasteiger partial charge in [0.25, 0.3) is 0 Å². The molecule has 0 spiro atoms. The normalized spacial score (nSPS) is 13.5. The molecule has 0 aromatic heterocycles. The van der Waals surface area contributed by atoms with Gasteiger partial charge in [-0.05, 0) is 32.2 Å². The van der Waals surface area contributed by atoms with Crippen molar-refractivity contribution in [1.29, 1.82) is 0 Å². The van der Waals surface area contributed by atoms with E-state index in [4.69, 9.17) is 4.74 Å². The molecule has 0 aromatic carbocycles. The van der Waals surface area contributed by atoms with Crippen molar-refractivity contribution in [2.24, 2.45) is 5.92 Å². The first-order valence-electron chi connectivity index (χ1n) is 5.87. The van der Waals surface area contributed by atoms with Gasteiger partial charge in [-0.15, -0.1) is 0 Å². The zero-order valence-corrected chi connectivity index (χ0v) is 10.3. The van der Waals surface area contributed by atoms with Crippen LogP contribution in [0.1, 0.15) is 46.0 Å². The summed E-state index contributed by atoms with van der Waals surface area (Å²) in [6.07, 6.45) is 6.41. The molecule has 1 atom stereocenters. The summed E-state index contributed by atoms with van der Waals surface area (Å²) in [6, 6.07) is 0.684. The van der Waals surface area contributed by atoms with Crippen LogP contribution in [0, 0.1) is 5.92 Å². The molecule has 2 nitrogen and oxygen atoms in total. The van der Waals surface area contributed by atoms with Crippen molar-refractivity contribution in [1.82, 2.24) is 5.32 Å². The van der Waals surface area contributed by atoms with Crippen LogP contribution in [0.4, 0.5) is 0 Å². The second kappa shape index (κ2) is 9.47. The van der Waals surface area contributed by atoms with Gasteiger partial charge in [0.2, 0.25) is 0 Å². The van der Waals surface area contributed by atoms with Crippen molar-refractivity contribution in [3.05, 3.63) is 0 Å². The van der Waals surface area contributed by atoms with Crippen molar-refractivity contribution in [3.63, 3.8) is 0 Å². The van der Waals surface area contributed by atoms with E-state index in [1.807, 2.05) is 0 Å². The fourth-order valence-electron chi connectivity index (χ4n) is 1.68. The number of nitrogens with one attached hydrogen (secondary N) is 1. The highest BCUT2D eigenvalue weighted by atomic mass is 16.5. The Labute approximate surface area is 89.4 Å². The van der Waals surface area contributed by atoms with Gasteiger partial charge in [0.1, 0.15) is 0 Å². The lowest BCUT2D eigenvalue weighted by molar-refractivity contribution is 0.188. The van der Waals surface area contributed by atoms with Gasteiger partial charge in [-0.3, -0.25) is 0 Å². The van der Waals surface area contributed by atoms with E-state index in [9.17, 15) is 0 Å². The smallest absolute Gasteiger partial charge is 0.0462 e. The minimum atomic E-state index is 0.684. The molecule has 0 aliphatic carbocycles. The number of hydrogen-bond donors (Lipinski definition) is 1. The van der Waals surface area contributed by atoms with Crippen LogP contribution in [0.5, 0.6) is 0 Å². The summed E-state index contributed by atoms with van der Waals surface area (Å²) >= 11 is 0. The Morgan fingerprint density at radius 3 is 2.21 bits per heavy atom. The van der Waals surface area contributed by atoms with Crippen LogP contribution in [0.2, 0.25) is 0 Å². The van der Waals surface area contributed by atoms with E-state index in [0.717, 1.165) is 12.5 Å². The third kappa shape index (κ3) is 8.52. The summed E-state index contributed by atoms with van der Waals surface area (Å²) in [5.74, 6) is 0.839. The van der Waals surface area contributed by atoms with E-state index >= 15 is 0 Å². The predicted molar refractivity (Wildman–Crippen MR) is 62.6 cm³/mol. The Bertz CT molecular complexity index is 115. The maximum Gasteiger partial charge on any atom is 0.0462 e. The van der Waals surface area contributed by atoms with E-state index in [2.05, 4.69) is 26.2 Å². The molecule has 86 valence electrons. The van der Waals surface area contributed by atoms with E-state index in [1.165, 1.54) is 32.1 Å². The molecule has 0 heterocycles. The first-order valence-corrected chi connectivity index (χ1v) is 5.87. The van der Waals surface area contributed by atoms with Crippen LogP contribution in [0.15, 0.2) is 0 Å². The minimum Gasteiger partial charge on any atom is -0.385 e. The molecular weight excluding hydrogens is 174 g/mol. The maximum atomic E-state index is 5.05. The molecule has 0 aromatic rings. The largest absolute Gasteiger partial charge is 0.385 e. The van der Waals surface area contributed by atoms with Gasteiger partial charge in [-0.2, -0.15) is 0 Å². The van der Waals surface area contributed by atoms with E-state index < -0.39 is 0 Å². The lowest BCUT2D eigenvalue weighted by atomic mass is 10.0. The molecule has 0 bridgehead atoms. The summed E-state index contributed by atoms with van der Waals surface area (Å²) in [4.78, 5) is 0. The average Bonchev–Trinajstić information content (AvgIpc) is 2.15. The van der Waals surface area contributed by atoms with Gasteiger partial charge in [-0.1, -0.05) is 26.7 Å². The van der Waals surface area contributed by atoms with E-state index in [1.54, 1.807) is 7.11 Å². The van der Waals surface area contributed by atoms with Gasteiger partial charge in [0.15, 0.2) is 0 Å². The standard InChI is InChI=1S/C12H27NO/c1-11(2)7-5-8-12(13-3)9-6-10-14-4/h11-13H,5-10H2,1-4H3. The molecule has 0 aliphatic heterocycles. The lowest BCUT2D eigenvalue weighted by Crippen LogP contribution is -2.25. The number of ether oxygens (including phenoxy) is 1. The zero-order valence-electron chi connectivity index (χ0n) is 10.3. The van der Waals surface area contributed by atoms with Crippen molar-refractivity contribution >= 4 is 0 Å². The number of rotatable bonds is 9. The third-order valence-electron chi connectivity index (χ3n) is 2.64. The fourth-order valence-corrected chi connectivity index (χ4v) is 1.68. The number of methoxy groups -OCH3 is 1. The van der Waals surface area contributed by atoms with Crippen molar-refractivity contribution in [3.8, 4) is 0 Å². The van der Waals surface area contributed by atoms with Crippen LogP contribution in [0.25, 0.3) is 0 Å². The molecule has 2 heteroatoms. The van der Waals surface area contributed by atoms with Crippen molar-refractivity contribution in [2.45, 2.75) is 52.0 Å². The van der Waals surface area contributed by atoms with E-state index in [0.29, 0.717) is 6.04 Å². The lowest BCUT2D eigenvalue weighted by Gasteiger charge is -2.16. The molecule has 0 amide bonds. The Kier molecular flexibility index (Phi) is 9.42. The summed E-state index contributed by atoms with van der Waals surface area (Å²) in [5.41, 5.74) is 0. The molecule has 0 saturated heterocycles. The van der Waals surface area contributed by atoms with Gasteiger partial charge < -0.3 is 10.1 Å². The fraction of sp³-hybridized carbons (Fsp3) is 1.00. The highest BCUT2D eigenvalue weighted by Gasteiger charge is 2.05. The van der Waals surface area contributed by atoms with Crippen LogP contribution in [-0.2, 0) is 4.74 Å². The van der Waals surface area contributed by atoms with Crippen LogP contribution < -0.4 is 5.32 Å². The van der Waals surface area contributed by atoms with Gasteiger partial charge in [-0.25, -0.2) is 0 Å². The van der Waals surface area contributed by atoms with Crippen LogP contribution in [-0.4, -0.2) is 26.8 Å². The molecule has 0 saturated carbocycles. The summed E-state index contributed by atoms with van der Waals surface area (Å²) < 4.78 is 5.05. The SMILES string of the molecule is CNC(CCCOC)CCCC(C)C. The molecule has 0 rings (SSSR count). The Morgan fingerprint density at radius 1 is 1.07 bits per heavy atom. The van der Waals surface area contributed by atoms with Gasteiger partial charge in [0.05, 0.1) is 0 Å². The Morgan fingerprint density at radius 2 is 1.71 bits per heavy atom. The topological polar surface area (TPSA) is 21.3 Å². The quantitative estimate of drug-likeness (QED) is 0.579. The second-order valence-electron chi connectivity index (χ2n) is 4.45. The number of hydrogen-bond acceptors (Lipinski definition) is 2. The first kappa shape index (κ1) is 13.9. The minimum absolute atomic E-state index is 0.684. The molecule has 1 N–H and O–H groups in total. The first-order chi connectivity index (χ1) is 6.70. The monoisotopic (exact) mass is 201 g/mol. The van der Waals surface area contributed by atoms with Gasteiger partial charge >= 0.3 is 0 Å². The van der Waals surface area contributed by atoms with E-state index in [-0.39, 0.29) is 0 Å². The summed E-state index contributed by atoms with van der Waals surface area (Å²) in [7, 11) is 3.83. The average molecular weight is 201 g/mol. The predicted octanol–water partition coefficient (Wildman–Crippen LogP) is 2.83.